The van der Waals surface area contributed by atoms with Gasteiger partial charge < -0.3 is 10.1 Å². The van der Waals surface area contributed by atoms with Crippen molar-refractivity contribution in [2.45, 2.75) is 25.4 Å². The second-order valence-corrected chi connectivity index (χ2v) is 9.91. The van der Waals surface area contributed by atoms with Crippen molar-refractivity contribution < 1.29 is 26.7 Å². The minimum atomic E-state index is -4.10. The highest BCUT2D eigenvalue weighted by Gasteiger charge is 2.18. The molecule has 2 N–H and O–H groups in total. The van der Waals surface area contributed by atoms with Crippen LogP contribution in [-0.4, -0.2) is 30.9 Å². The van der Waals surface area contributed by atoms with Crippen LogP contribution in [0.1, 0.15) is 12.6 Å². The maximum absolute atomic E-state index is 12.9. The number of ether oxygens (including phenoxy) is 1. The molecule has 8 nitrogen and oxygen atoms in total. The van der Waals surface area contributed by atoms with E-state index in [0.717, 1.165) is 16.3 Å². The summed E-state index contributed by atoms with van der Waals surface area (Å²) in [4.78, 5) is 19.7. The molecule has 1 amide bonds. The fourth-order valence-electron chi connectivity index (χ4n) is 3.12. The molecular weight excluding hydrogens is 486 g/mol. The highest BCUT2D eigenvalue weighted by atomic mass is 32.2. The Kier molecular flexibility index (Phi) is 6.44. The zero-order valence-corrected chi connectivity index (χ0v) is 19.5. The number of fused-ring (bicyclic) bond motifs is 1. The van der Waals surface area contributed by atoms with Gasteiger partial charge in [-0.05, 0) is 42.8 Å². The summed E-state index contributed by atoms with van der Waals surface area (Å²) in [6, 6.07) is 12.0. The normalized spacial score (nSPS) is 11.6. The number of sulfonamides is 1. The molecular formula is C22H18F2N4O4S2. The number of thiazole rings is 1. The van der Waals surface area contributed by atoms with Crippen LogP contribution in [0.5, 0.6) is 5.75 Å². The molecule has 2 aromatic carbocycles. The second kappa shape index (κ2) is 9.31. The lowest BCUT2D eigenvalue weighted by molar-refractivity contribution is -0.114. The fourth-order valence-corrected chi connectivity index (χ4v) is 5.22. The van der Waals surface area contributed by atoms with E-state index in [-0.39, 0.29) is 22.2 Å². The monoisotopic (exact) mass is 504 g/mol. The molecule has 0 saturated carbocycles. The van der Waals surface area contributed by atoms with E-state index in [0.29, 0.717) is 21.9 Å². The van der Waals surface area contributed by atoms with Crippen molar-refractivity contribution in [1.82, 2.24) is 9.97 Å². The van der Waals surface area contributed by atoms with Crippen LogP contribution in [0.2, 0.25) is 0 Å². The minimum Gasteiger partial charge on any atom is -0.435 e. The van der Waals surface area contributed by atoms with Crippen LogP contribution in [0.25, 0.3) is 21.3 Å². The highest BCUT2D eigenvalue weighted by molar-refractivity contribution is 7.92. The molecule has 0 fully saturated rings. The smallest absolute Gasteiger partial charge is 0.387 e. The summed E-state index contributed by atoms with van der Waals surface area (Å²) in [5.41, 5.74) is 2.80. The number of halogens is 2. The van der Waals surface area contributed by atoms with Crippen molar-refractivity contribution >= 4 is 48.3 Å². The third-order valence-electron chi connectivity index (χ3n) is 4.68. The molecule has 0 unspecified atom stereocenters. The lowest BCUT2D eigenvalue weighted by Crippen LogP contribution is -2.14. The van der Waals surface area contributed by atoms with Crippen LogP contribution in [0.3, 0.4) is 0 Å². The number of carbonyl (C=O) groups is 1. The number of alkyl halides is 2. The summed E-state index contributed by atoms with van der Waals surface area (Å²) < 4.78 is 58.3. The van der Waals surface area contributed by atoms with Crippen LogP contribution in [0.4, 0.5) is 19.6 Å². The topological polar surface area (TPSA) is 110 Å². The summed E-state index contributed by atoms with van der Waals surface area (Å²) >= 11 is 1.31. The molecule has 0 aliphatic carbocycles. The first-order valence-electron chi connectivity index (χ1n) is 9.83. The molecule has 0 radical (unpaired) electrons. The Labute approximate surface area is 197 Å². The summed E-state index contributed by atoms with van der Waals surface area (Å²) in [7, 11) is -4.10. The number of nitrogens with one attached hydrogen (secondary N) is 2. The minimum absolute atomic E-state index is 0.217. The van der Waals surface area contributed by atoms with Gasteiger partial charge in [0.05, 0.1) is 26.5 Å². The number of carbonyl (C=O) groups excluding carboxylic acids is 1. The summed E-state index contributed by atoms with van der Waals surface area (Å²) in [5.74, 6) is -0.483. The maximum atomic E-state index is 12.9. The lowest BCUT2D eigenvalue weighted by atomic mass is 10.1. The molecule has 176 valence electrons. The molecule has 0 spiro atoms. The first-order chi connectivity index (χ1) is 16.1. The van der Waals surface area contributed by atoms with Crippen molar-refractivity contribution in [1.29, 1.82) is 0 Å². The van der Waals surface area contributed by atoms with Crippen LogP contribution >= 0.6 is 11.3 Å². The van der Waals surface area contributed by atoms with Gasteiger partial charge in [0.1, 0.15) is 5.75 Å². The summed E-state index contributed by atoms with van der Waals surface area (Å²) in [6.07, 6.45) is 1.61. The molecule has 12 heteroatoms. The molecule has 34 heavy (non-hydrogen) atoms. The third-order valence-corrected chi connectivity index (χ3v) is 6.97. The van der Waals surface area contributed by atoms with Crippen molar-refractivity contribution in [3.63, 3.8) is 0 Å². The predicted octanol–water partition coefficient (Wildman–Crippen LogP) is 5.03. The Morgan fingerprint density at radius 2 is 1.91 bits per heavy atom. The van der Waals surface area contributed by atoms with Crippen LogP contribution < -0.4 is 14.8 Å². The molecule has 2 heterocycles. The van der Waals surface area contributed by atoms with Gasteiger partial charge in [0.2, 0.25) is 5.91 Å². The van der Waals surface area contributed by atoms with Crippen molar-refractivity contribution in [2.24, 2.45) is 0 Å². The molecule has 4 aromatic rings. The van der Waals surface area contributed by atoms with E-state index in [1.807, 2.05) is 12.1 Å². The number of pyridine rings is 1. The highest BCUT2D eigenvalue weighted by Crippen LogP contribution is 2.32. The summed E-state index contributed by atoms with van der Waals surface area (Å²) in [5, 5.41) is 3.13. The van der Waals surface area contributed by atoms with Gasteiger partial charge in [-0.25, -0.2) is 13.4 Å². The Hall–Kier alpha value is -3.64. The first kappa shape index (κ1) is 23.5. The van der Waals surface area contributed by atoms with Gasteiger partial charge in [-0.1, -0.05) is 23.5 Å². The van der Waals surface area contributed by atoms with Gasteiger partial charge in [-0.3, -0.25) is 14.5 Å². The molecule has 0 aliphatic rings. The number of hydrogen-bond donors (Lipinski definition) is 2. The van der Waals surface area contributed by atoms with E-state index in [2.05, 4.69) is 24.7 Å². The van der Waals surface area contributed by atoms with E-state index in [4.69, 9.17) is 0 Å². The number of hydrogen-bond acceptors (Lipinski definition) is 7. The summed E-state index contributed by atoms with van der Waals surface area (Å²) in [6.45, 7) is -0.0243. The van der Waals surface area contributed by atoms with Crippen LogP contribution in [-0.2, 0) is 14.8 Å². The van der Waals surface area contributed by atoms with Crippen molar-refractivity contribution in [3.05, 3.63) is 60.4 Å². The maximum Gasteiger partial charge on any atom is 0.387 e. The van der Waals surface area contributed by atoms with Crippen molar-refractivity contribution in [2.75, 3.05) is 10.0 Å². The third kappa shape index (κ3) is 5.29. The number of aromatic nitrogens is 2. The molecule has 0 bridgehead atoms. The van der Waals surface area contributed by atoms with E-state index < -0.39 is 16.6 Å². The van der Waals surface area contributed by atoms with Gasteiger partial charge >= 0.3 is 6.61 Å². The second-order valence-electron chi connectivity index (χ2n) is 7.20. The van der Waals surface area contributed by atoms with Crippen LogP contribution in [0.15, 0.2) is 59.6 Å². The van der Waals surface area contributed by atoms with Gasteiger partial charge in [0.15, 0.2) is 5.13 Å². The number of nitrogens with zero attached hydrogens (tertiary/aromatic N) is 2. The zero-order valence-electron chi connectivity index (χ0n) is 17.9. The first-order valence-corrected chi connectivity index (χ1v) is 12.1. The Balaban J connectivity index is 1.64. The van der Waals surface area contributed by atoms with Gasteiger partial charge in [-0.15, -0.1) is 0 Å². The molecule has 4 rings (SSSR count). The van der Waals surface area contributed by atoms with E-state index in [1.54, 1.807) is 25.3 Å². The van der Waals surface area contributed by atoms with E-state index in [9.17, 15) is 22.0 Å². The van der Waals surface area contributed by atoms with Gasteiger partial charge in [0, 0.05) is 24.8 Å². The number of aryl methyl sites for hydroxylation is 1. The number of benzene rings is 2. The molecule has 2 aromatic heterocycles. The average molecular weight is 505 g/mol. The molecule has 0 atom stereocenters. The number of amides is 1. The van der Waals surface area contributed by atoms with E-state index in [1.165, 1.54) is 36.5 Å². The SMILES string of the molecule is CC(=O)Nc1nc2ccc(-c3cnc(C)c(NS(=O)(=O)c4cccc(OC(F)F)c4)c3)cc2s1. The average Bonchev–Trinajstić information content (AvgIpc) is 3.15. The standard InChI is InChI=1S/C22H18F2N4O4S2/c1-12-19(28-34(30,31)17-5-3-4-16(10-17)32-21(23)24)8-15(11-25-12)14-6-7-18-20(9-14)33-22(27-18)26-13(2)29/h3-11,21,28H,1-2H3,(H,26,27,29). The Bertz CT molecular complexity index is 1490. The molecule has 0 saturated heterocycles. The lowest BCUT2D eigenvalue weighted by Gasteiger charge is -2.13. The zero-order chi connectivity index (χ0) is 24.5. The van der Waals surface area contributed by atoms with Gasteiger partial charge in [0.25, 0.3) is 10.0 Å². The number of anilines is 2. The quantitative estimate of drug-likeness (QED) is 0.365. The van der Waals surface area contributed by atoms with Gasteiger partial charge in [-0.2, -0.15) is 8.78 Å². The Morgan fingerprint density at radius 3 is 2.65 bits per heavy atom. The Morgan fingerprint density at radius 1 is 1.12 bits per heavy atom. The molecule has 0 aliphatic heterocycles. The number of rotatable bonds is 7. The largest absolute Gasteiger partial charge is 0.435 e. The van der Waals surface area contributed by atoms with Crippen molar-refractivity contribution in [3.8, 4) is 16.9 Å². The van der Waals surface area contributed by atoms with Crippen LogP contribution in [0, 0.1) is 6.92 Å². The van der Waals surface area contributed by atoms with E-state index >= 15 is 0 Å². The predicted molar refractivity (Wildman–Crippen MR) is 126 cm³/mol. The fraction of sp³-hybridized carbons (Fsp3) is 0.136.